The SMILES string of the molecule is FC(F)(F)Cc1nc(Cl)c(I)c(-c2ccccc2)n1. The van der Waals surface area contributed by atoms with Gasteiger partial charge in [0.2, 0.25) is 0 Å². The molecule has 7 heteroatoms. The predicted octanol–water partition coefficient (Wildman–Crippen LogP) is 4.51. The maximum atomic E-state index is 12.4. The van der Waals surface area contributed by atoms with E-state index in [-0.39, 0.29) is 11.0 Å². The standard InChI is InChI=1S/C12H7ClF3IN2/c13-11-9(17)10(7-4-2-1-3-5-7)18-8(19-11)6-12(14,15)16/h1-5H,6H2. The molecule has 0 radical (unpaired) electrons. The van der Waals surface area contributed by atoms with Crippen LogP contribution in [0.4, 0.5) is 13.2 Å². The summed E-state index contributed by atoms with van der Waals surface area (Å²) in [6.07, 6.45) is -5.55. The fourth-order valence-electron chi connectivity index (χ4n) is 1.51. The minimum absolute atomic E-state index is 0.0358. The third-order valence-corrected chi connectivity index (χ3v) is 3.88. The number of halogens is 5. The molecule has 0 saturated carbocycles. The van der Waals surface area contributed by atoms with Crippen LogP contribution < -0.4 is 0 Å². The van der Waals surface area contributed by atoms with Crippen LogP contribution in [0.15, 0.2) is 30.3 Å². The zero-order valence-electron chi connectivity index (χ0n) is 9.38. The van der Waals surface area contributed by atoms with Crippen LogP contribution in [0.3, 0.4) is 0 Å². The van der Waals surface area contributed by atoms with E-state index in [0.29, 0.717) is 14.8 Å². The number of hydrogen-bond acceptors (Lipinski definition) is 2. The number of aromatic nitrogens is 2. The van der Waals surface area contributed by atoms with Crippen LogP contribution in [0.25, 0.3) is 11.3 Å². The average molecular weight is 399 g/mol. The first-order valence-corrected chi connectivity index (χ1v) is 6.66. The van der Waals surface area contributed by atoms with Crippen molar-refractivity contribution in [1.29, 1.82) is 0 Å². The van der Waals surface area contributed by atoms with E-state index in [9.17, 15) is 13.2 Å². The molecule has 0 amide bonds. The molecule has 0 unspecified atom stereocenters. The Bertz CT molecular complexity index is 588. The Morgan fingerprint density at radius 1 is 1.11 bits per heavy atom. The first kappa shape index (κ1) is 14.5. The maximum Gasteiger partial charge on any atom is 0.396 e. The van der Waals surface area contributed by atoms with Gasteiger partial charge in [-0.3, -0.25) is 0 Å². The Balaban J connectivity index is 2.49. The molecule has 100 valence electrons. The molecule has 2 rings (SSSR count). The van der Waals surface area contributed by atoms with Gasteiger partial charge in [-0.25, -0.2) is 9.97 Å². The van der Waals surface area contributed by atoms with Gasteiger partial charge in [0.25, 0.3) is 0 Å². The number of alkyl halides is 3. The van der Waals surface area contributed by atoms with Crippen LogP contribution in [0.5, 0.6) is 0 Å². The van der Waals surface area contributed by atoms with Crippen molar-refractivity contribution in [2.75, 3.05) is 0 Å². The summed E-state index contributed by atoms with van der Waals surface area (Å²) < 4.78 is 37.7. The Kier molecular flexibility index (Phi) is 4.29. The summed E-state index contributed by atoms with van der Waals surface area (Å²) >= 11 is 7.80. The highest BCUT2D eigenvalue weighted by molar-refractivity contribution is 14.1. The van der Waals surface area contributed by atoms with Gasteiger partial charge in [0.05, 0.1) is 9.26 Å². The zero-order valence-corrected chi connectivity index (χ0v) is 12.3. The van der Waals surface area contributed by atoms with Crippen molar-refractivity contribution in [3.8, 4) is 11.3 Å². The molecule has 0 bridgehead atoms. The first-order chi connectivity index (χ1) is 8.87. The summed E-state index contributed by atoms with van der Waals surface area (Å²) in [4.78, 5) is 7.64. The third-order valence-electron chi connectivity index (χ3n) is 2.26. The molecule has 0 aliphatic carbocycles. The summed E-state index contributed by atoms with van der Waals surface area (Å²) in [6, 6.07) is 8.90. The van der Waals surface area contributed by atoms with Gasteiger partial charge < -0.3 is 0 Å². The molecule has 0 atom stereocenters. The molecule has 0 fully saturated rings. The highest BCUT2D eigenvalue weighted by Gasteiger charge is 2.30. The van der Waals surface area contributed by atoms with Gasteiger partial charge in [-0.2, -0.15) is 13.2 Å². The van der Waals surface area contributed by atoms with Gasteiger partial charge in [0.15, 0.2) is 0 Å². The molecule has 0 aliphatic heterocycles. The lowest BCUT2D eigenvalue weighted by atomic mass is 10.1. The fraction of sp³-hybridized carbons (Fsp3) is 0.167. The minimum atomic E-state index is -4.36. The molecule has 0 aliphatic rings. The van der Waals surface area contributed by atoms with Crippen molar-refractivity contribution >= 4 is 34.2 Å². The molecule has 0 saturated heterocycles. The molecular weight excluding hydrogens is 391 g/mol. The largest absolute Gasteiger partial charge is 0.396 e. The summed E-state index contributed by atoms with van der Waals surface area (Å²) in [5, 5.41) is 0.0358. The van der Waals surface area contributed by atoms with Crippen molar-refractivity contribution in [1.82, 2.24) is 9.97 Å². The highest BCUT2D eigenvalue weighted by Crippen LogP contribution is 2.29. The van der Waals surface area contributed by atoms with E-state index in [4.69, 9.17) is 11.6 Å². The molecule has 2 nitrogen and oxygen atoms in total. The van der Waals surface area contributed by atoms with Crippen LogP contribution in [-0.2, 0) is 6.42 Å². The molecule has 0 spiro atoms. The van der Waals surface area contributed by atoms with E-state index in [1.807, 2.05) is 28.7 Å². The second-order valence-corrected chi connectivity index (χ2v) is 5.19. The topological polar surface area (TPSA) is 25.8 Å². The fourth-order valence-corrected chi connectivity index (χ4v) is 2.25. The zero-order chi connectivity index (χ0) is 14.0. The first-order valence-electron chi connectivity index (χ1n) is 5.21. The van der Waals surface area contributed by atoms with Crippen molar-refractivity contribution in [2.45, 2.75) is 12.6 Å². The molecule has 0 N–H and O–H groups in total. The molecular formula is C12H7ClF3IN2. The van der Waals surface area contributed by atoms with Gasteiger partial charge in [0, 0.05) is 5.56 Å². The highest BCUT2D eigenvalue weighted by atomic mass is 127. The quantitative estimate of drug-likeness (QED) is 0.550. The van der Waals surface area contributed by atoms with Gasteiger partial charge >= 0.3 is 6.18 Å². The van der Waals surface area contributed by atoms with E-state index >= 15 is 0 Å². The summed E-state index contributed by atoms with van der Waals surface area (Å²) in [7, 11) is 0. The normalized spacial score (nSPS) is 11.6. The van der Waals surface area contributed by atoms with E-state index in [0.717, 1.165) is 0 Å². The Morgan fingerprint density at radius 3 is 2.32 bits per heavy atom. The molecule has 2 aromatic rings. The van der Waals surface area contributed by atoms with Gasteiger partial charge in [-0.1, -0.05) is 41.9 Å². The number of rotatable bonds is 2. The molecule has 19 heavy (non-hydrogen) atoms. The maximum absolute atomic E-state index is 12.4. The van der Waals surface area contributed by atoms with E-state index < -0.39 is 12.6 Å². The van der Waals surface area contributed by atoms with Gasteiger partial charge in [-0.15, -0.1) is 0 Å². The monoisotopic (exact) mass is 398 g/mol. The van der Waals surface area contributed by atoms with Crippen LogP contribution in [0, 0.1) is 3.57 Å². The van der Waals surface area contributed by atoms with Crippen molar-refractivity contribution in [2.24, 2.45) is 0 Å². The Morgan fingerprint density at radius 2 is 1.74 bits per heavy atom. The number of hydrogen-bond donors (Lipinski definition) is 0. The van der Waals surface area contributed by atoms with Crippen LogP contribution in [0.1, 0.15) is 5.82 Å². The predicted molar refractivity (Wildman–Crippen MR) is 75.0 cm³/mol. The second-order valence-electron chi connectivity index (χ2n) is 3.75. The Labute approximate surface area is 126 Å². The summed E-state index contributed by atoms with van der Waals surface area (Å²) in [5.74, 6) is -0.322. The van der Waals surface area contributed by atoms with Gasteiger partial charge in [0.1, 0.15) is 17.4 Å². The van der Waals surface area contributed by atoms with Crippen LogP contribution in [-0.4, -0.2) is 16.1 Å². The number of benzene rings is 1. The number of nitrogens with zero attached hydrogens (tertiary/aromatic N) is 2. The van der Waals surface area contributed by atoms with E-state index in [1.54, 1.807) is 24.3 Å². The third kappa shape index (κ3) is 3.79. The summed E-state index contributed by atoms with van der Waals surface area (Å²) in [6.45, 7) is 0. The van der Waals surface area contributed by atoms with E-state index in [2.05, 4.69) is 9.97 Å². The Hall–Kier alpha value is -0.890. The smallest absolute Gasteiger partial charge is 0.231 e. The van der Waals surface area contributed by atoms with Crippen molar-refractivity contribution < 1.29 is 13.2 Å². The average Bonchev–Trinajstić information content (AvgIpc) is 2.33. The second kappa shape index (κ2) is 5.62. The van der Waals surface area contributed by atoms with Gasteiger partial charge in [-0.05, 0) is 22.6 Å². The van der Waals surface area contributed by atoms with Crippen LogP contribution >= 0.6 is 34.2 Å². The lowest BCUT2D eigenvalue weighted by molar-refractivity contribution is -0.128. The van der Waals surface area contributed by atoms with Crippen LogP contribution in [0.2, 0.25) is 5.15 Å². The lowest BCUT2D eigenvalue weighted by Gasteiger charge is -2.10. The summed E-state index contributed by atoms with van der Waals surface area (Å²) in [5.41, 5.74) is 1.13. The minimum Gasteiger partial charge on any atom is -0.231 e. The lowest BCUT2D eigenvalue weighted by Crippen LogP contribution is -2.15. The molecule has 1 heterocycles. The molecule has 1 aromatic carbocycles. The molecule has 1 aromatic heterocycles. The van der Waals surface area contributed by atoms with E-state index in [1.165, 1.54) is 0 Å². The van der Waals surface area contributed by atoms with Crippen molar-refractivity contribution in [3.63, 3.8) is 0 Å². The van der Waals surface area contributed by atoms with Crippen molar-refractivity contribution in [3.05, 3.63) is 44.9 Å².